The minimum Gasteiger partial charge on any atom is -0.493 e. The molecular formula is C45H66O5. The Labute approximate surface area is 305 Å². The van der Waals surface area contributed by atoms with Crippen LogP contribution in [0.5, 0.6) is 23.0 Å². The summed E-state index contributed by atoms with van der Waals surface area (Å²) in [5, 5.41) is 0. The summed E-state index contributed by atoms with van der Waals surface area (Å²) in [6, 6.07) is 7.44. The van der Waals surface area contributed by atoms with Gasteiger partial charge in [-0.1, -0.05) is 148 Å². The van der Waals surface area contributed by atoms with E-state index in [-0.39, 0.29) is 0 Å². The maximum Gasteiger partial charge on any atom is 0.153 e. The third kappa shape index (κ3) is 17.4. The van der Waals surface area contributed by atoms with Crippen LogP contribution in [0.3, 0.4) is 0 Å². The van der Waals surface area contributed by atoms with Crippen molar-refractivity contribution in [2.45, 2.75) is 156 Å². The van der Waals surface area contributed by atoms with Gasteiger partial charge in [-0.3, -0.25) is 4.79 Å². The largest absolute Gasteiger partial charge is 0.493 e. The van der Waals surface area contributed by atoms with Crippen molar-refractivity contribution in [1.82, 2.24) is 0 Å². The van der Waals surface area contributed by atoms with Crippen LogP contribution in [0.25, 0.3) is 0 Å². The van der Waals surface area contributed by atoms with Gasteiger partial charge in [-0.05, 0) is 31.7 Å². The molecule has 0 unspecified atom stereocenters. The molecule has 0 amide bonds. The third-order valence-corrected chi connectivity index (χ3v) is 8.83. The summed E-state index contributed by atoms with van der Waals surface area (Å²) in [6.07, 6.45) is 29.6. The molecule has 276 valence electrons. The van der Waals surface area contributed by atoms with Crippen LogP contribution in [0.4, 0.5) is 0 Å². The summed E-state index contributed by atoms with van der Waals surface area (Å²) < 4.78 is 25.0. The standard InChI is InChI=1S/C45H66O5/c1-6-11-15-19-23-29-47-42-34-39(43(33-38(42)10-5)48-30-24-20-16-12-7-2)27-28-40-35-45(50-32-26-22-18-14-9-4)41(37-46)36-44(40)49-31-25-21-17-13-8-3/h5,33-37H,6-9,11-26,29-32H2,1-4H3. The Hall–Kier alpha value is -3.57. The van der Waals surface area contributed by atoms with E-state index in [1.165, 1.54) is 77.0 Å². The average molecular weight is 687 g/mol. The monoisotopic (exact) mass is 686 g/mol. The number of hydrogen-bond acceptors (Lipinski definition) is 5. The second-order valence-electron chi connectivity index (χ2n) is 13.3. The van der Waals surface area contributed by atoms with Gasteiger partial charge in [0.25, 0.3) is 0 Å². The number of benzene rings is 2. The van der Waals surface area contributed by atoms with Gasteiger partial charge in [-0.15, -0.1) is 6.42 Å². The normalized spacial score (nSPS) is 10.6. The lowest BCUT2D eigenvalue weighted by atomic mass is 10.1. The highest BCUT2D eigenvalue weighted by Gasteiger charge is 2.14. The predicted octanol–water partition coefficient (Wildman–Crippen LogP) is 12.3. The van der Waals surface area contributed by atoms with Crippen molar-refractivity contribution < 1.29 is 23.7 Å². The lowest BCUT2D eigenvalue weighted by Crippen LogP contribution is -2.04. The molecule has 0 spiro atoms. The van der Waals surface area contributed by atoms with Gasteiger partial charge in [-0.25, -0.2) is 0 Å². The summed E-state index contributed by atoms with van der Waals surface area (Å²) in [4.78, 5) is 12.2. The van der Waals surface area contributed by atoms with Gasteiger partial charge < -0.3 is 18.9 Å². The van der Waals surface area contributed by atoms with Crippen molar-refractivity contribution in [3.8, 4) is 47.2 Å². The Bertz CT molecular complexity index is 1310. The lowest BCUT2D eigenvalue weighted by molar-refractivity contribution is 0.111. The van der Waals surface area contributed by atoms with Crippen LogP contribution in [0, 0.1) is 24.2 Å². The molecule has 0 N–H and O–H groups in total. The molecule has 0 fully saturated rings. The quantitative estimate of drug-likeness (QED) is 0.0484. The predicted molar refractivity (Wildman–Crippen MR) is 209 cm³/mol. The first-order valence-corrected chi connectivity index (χ1v) is 19.9. The van der Waals surface area contributed by atoms with Crippen LogP contribution in [0.1, 0.15) is 183 Å². The van der Waals surface area contributed by atoms with E-state index in [2.05, 4.69) is 45.5 Å². The van der Waals surface area contributed by atoms with E-state index in [4.69, 9.17) is 25.4 Å². The minimum atomic E-state index is 0.477. The average Bonchev–Trinajstić information content (AvgIpc) is 3.13. The first-order valence-electron chi connectivity index (χ1n) is 19.9. The van der Waals surface area contributed by atoms with Gasteiger partial charge in [0.1, 0.15) is 23.0 Å². The molecule has 2 aromatic carbocycles. The Balaban J connectivity index is 2.43. The van der Waals surface area contributed by atoms with Crippen molar-refractivity contribution in [3.05, 3.63) is 46.5 Å². The number of hydrogen-bond donors (Lipinski definition) is 0. The molecule has 0 saturated carbocycles. The van der Waals surface area contributed by atoms with Crippen LogP contribution >= 0.6 is 0 Å². The molecule has 0 atom stereocenters. The van der Waals surface area contributed by atoms with Crippen molar-refractivity contribution in [2.75, 3.05) is 26.4 Å². The first kappa shape index (κ1) is 42.6. The maximum atomic E-state index is 12.2. The molecule has 0 bridgehead atoms. The molecule has 0 aliphatic carbocycles. The second-order valence-corrected chi connectivity index (χ2v) is 13.3. The molecule has 0 aromatic heterocycles. The van der Waals surface area contributed by atoms with Gasteiger partial charge in [-0.2, -0.15) is 0 Å². The molecule has 0 saturated heterocycles. The summed E-state index contributed by atoms with van der Waals surface area (Å²) >= 11 is 0. The lowest BCUT2D eigenvalue weighted by Gasteiger charge is -2.14. The molecule has 0 heterocycles. The highest BCUT2D eigenvalue weighted by molar-refractivity contribution is 5.81. The number of unbranched alkanes of at least 4 members (excludes halogenated alkanes) is 16. The molecule has 5 nitrogen and oxygen atoms in total. The molecule has 0 radical (unpaired) electrons. The SMILES string of the molecule is C#Cc1cc(OCCCCCCC)c(C#Cc2cc(OCCCCCCC)c(C=O)cc2OCCCCCCC)cc1OCCCCCCC. The van der Waals surface area contributed by atoms with E-state index >= 15 is 0 Å². The Morgan fingerprint density at radius 1 is 0.460 bits per heavy atom. The fourth-order valence-corrected chi connectivity index (χ4v) is 5.70. The number of rotatable bonds is 29. The van der Waals surface area contributed by atoms with E-state index in [0.29, 0.717) is 71.7 Å². The van der Waals surface area contributed by atoms with Crippen molar-refractivity contribution in [2.24, 2.45) is 0 Å². The third-order valence-electron chi connectivity index (χ3n) is 8.83. The molecule has 2 aromatic rings. The highest BCUT2D eigenvalue weighted by atomic mass is 16.5. The number of carbonyl (C=O) groups is 1. The summed E-state index contributed by atoms with van der Waals surface area (Å²) in [6.45, 7) is 11.2. The van der Waals surface area contributed by atoms with Crippen LogP contribution < -0.4 is 18.9 Å². The summed E-state index contributed by atoms with van der Waals surface area (Å²) in [5.41, 5.74) is 2.53. The van der Waals surface area contributed by atoms with Crippen molar-refractivity contribution in [3.63, 3.8) is 0 Å². The van der Waals surface area contributed by atoms with Gasteiger partial charge in [0.05, 0.1) is 48.7 Å². The first-order chi connectivity index (χ1) is 24.6. The van der Waals surface area contributed by atoms with Crippen LogP contribution in [-0.2, 0) is 0 Å². The Morgan fingerprint density at radius 3 is 1.16 bits per heavy atom. The zero-order valence-corrected chi connectivity index (χ0v) is 32.0. The van der Waals surface area contributed by atoms with E-state index in [0.717, 1.165) is 57.7 Å². The number of terminal acetylenes is 1. The minimum absolute atomic E-state index is 0.477. The van der Waals surface area contributed by atoms with Crippen molar-refractivity contribution >= 4 is 6.29 Å². The van der Waals surface area contributed by atoms with E-state index in [1.54, 1.807) is 6.07 Å². The van der Waals surface area contributed by atoms with Gasteiger partial charge >= 0.3 is 0 Å². The van der Waals surface area contributed by atoms with Gasteiger partial charge in [0.2, 0.25) is 0 Å². The second kappa shape index (κ2) is 28.2. The molecule has 0 aliphatic rings. The fraction of sp³-hybridized carbons (Fsp3) is 0.622. The van der Waals surface area contributed by atoms with E-state index < -0.39 is 0 Å². The van der Waals surface area contributed by atoms with Crippen LogP contribution in [0.15, 0.2) is 24.3 Å². The topological polar surface area (TPSA) is 54.0 Å². The smallest absolute Gasteiger partial charge is 0.153 e. The molecule has 0 aliphatic heterocycles. The molecule has 2 rings (SSSR count). The van der Waals surface area contributed by atoms with Gasteiger partial charge in [0.15, 0.2) is 6.29 Å². The highest BCUT2D eigenvalue weighted by Crippen LogP contribution is 2.31. The molecular weight excluding hydrogens is 620 g/mol. The summed E-state index contributed by atoms with van der Waals surface area (Å²) in [7, 11) is 0. The molecule has 50 heavy (non-hydrogen) atoms. The maximum absolute atomic E-state index is 12.2. The zero-order chi connectivity index (χ0) is 36.1. The van der Waals surface area contributed by atoms with Crippen LogP contribution in [0.2, 0.25) is 0 Å². The Kier molecular flexibility index (Phi) is 24.0. The van der Waals surface area contributed by atoms with Crippen LogP contribution in [-0.4, -0.2) is 32.7 Å². The Morgan fingerprint density at radius 2 is 0.780 bits per heavy atom. The number of carbonyl (C=O) groups excluding carboxylic acids is 1. The number of ether oxygens (including phenoxy) is 4. The zero-order valence-electron chi connectivity index (χ0n) is 32.0. The summed E-state index contributed by atoms with van der Waals surface area (Å²) in [5.74, 6) is 12.0. The van der Waals surface area contributed by atoms with E-state index in [9.17, 15) is 4.79 Å². The van der Waals surface area contributed by atoms with E-state index in [1.807, 2.05) is 18.2 Å². The van der Waals surface area contributed by atoms with Gasteiger partial charge in [0, 0.05) is 18.2 Å². The van der Waals surface area contributed by atoms with Crippen molar-refractivity contribution in [1.29, 1.82) is 0 Å². The fourth-order valence-electron chi connectivity index (χ4n) is 5.70. The number of aldehydes is 1. The molecule has 5 heteroatoms.